The van der Waals surface area contributed by atoms with Crippen LogP contribution in [0.3, 0.4) is 0 Å². The Morgan fingerprint density at radius 3 is 1.86 bits per heavy atom. The van der Waals surface area contributed by atoms with Crippen LogP contribution in [0, 0.1) is 23.7 Å². The van der Waals surface area contributed by atoms with Crippen molar-refractivity contribution in [3.63, 3.8) is 0 Å². The monoisotopic (exact) mass is 344 g/mol. The van der Waals surface area contributed by atoms with E-state index < -0.39 is 0 Å². The third-order valence-electron chi connectivity index (χ3n) is 7.12. The van der Waals surface area contributed by atoms with E-state index in [1.54, 1.807) is 0 Å². The molecule has 0 aromatic carbocycles. The van der Waals surface area contributed by atoms with E-state index in [0.29, 0.717) is 11.3 Å². The van der Waals surface area contributed by atoms with Crippen molar-refractivity contribution in [2.45, 2.75) is 101 Å². The van der Waals surface area contributed by atoms with Crippen LogP contribution in [0.1, 0.15) is 90.4 Å². The minimum atomic E-state index is 0.00734. The lowest BCUT2D eigenvalue weighted by atomic mass is 9.60. The lowest BCUT2D eigenvalue weighted by Gasteiger charge is -2.52. The molecule has 22 heavy (non-hydrogen) atoms. The van der Waals surface area contributed by atoms with Gasteiger partial charge < -0.3 is 0 Å². The zero-order chi connectivity index (χ0) is 15.6. The highest BCUT2D eigenvalue weighted by atomic mass is 35.5. The van der Waals surface area contributed by atoms with E-state index in [1.165, 1.54) is 83.5 Å². The summed E-state index contributed by atoms with van der Waals surface area (Å²) in [4.78, 5) is 0.00734. The maximum atomic E-state index is 7.63. The Labute approximate surface area is 147 Å². The molecule has 3 unspecified atom stereocenters. The molecule has 0 nitrogen and oxygen atoms in total. The lowest BCUT2D eigenvalue weighted by Crippen LogP contribution is -2.52. The van der Waals surface area contributed by atoms with E-state index in [1.807, 2.05) is 0 Å². The van der Waals surface area contributed by atoms with Crippen LogP contribution in [0.2, 0.25) is 0 Å². The van der Waals surface area contributed by atoms with Crippen molar-refractivity contribution in [2.24, 2.45) is 23.7 Å². The van der Waals surface area contributed by atoms with E-state index in [2.05, 4.69) is 6.92 Å². The Hall–Kier alpha value is 0.580. The molecule has 3 atom stereocenters. The topological polar surface area (TPSA) is 0 Å². The zero-order valence-electron chi connectivity index (χ0n) is 14.3. The molecular weight excluding hydrogens is 311 g/mol. The lowest BCUT2D eigenvalue weighted by molar-refractivity contribution is 0.0868. The molecule has 0 radical (unpaired) electrons. The molecule has 3 aliphatic carbocycles. The Morgan fingerprint density at radius 2 is 1.23 bits per heavy atom. The predicted octanol–water partition coefficient (Wildman–Crippen LogP) is 7.17. The van der Waals surface area contributed by atoms with Gasteiger partial charge in [-0.1, -0.05) is 51.9 Å². The summed E-state index contributed by atoms with van der Waals surface area (Å²) in [6.07, 6.45) is 17.5. The number of alkyl halides is 2. The summed E-state index contributed by atoms with van der Waals surface area (Å²) in [6.45, 7) is 2.41. The third-order valence-corrected chi connectivity index (χ3v) is 8.54. The van der Waals surface area contributed by atoms with Gasteiger partial charge in [-0.3, -0.25) is 0 Å². The number of hydrogen-bond donors (Lipinski definition) is 0. The Bertz CT molecular complexity index is 342. The van der Waals surface area contributed by atoms with E-state index in [9.17, 15) is 0 Å². The third kappa shape index (κ3) is 3.49. The van der Waals surface area contributed by atoms with E-state index in [-0.39, 0.29) is 4.87 Å². The second-order valence-corrected chi connectivity index (χ2v) is 9.74. The molecular formula is C20H34Cl2. The van der Waals surface area contributed by atoms with Gasteiger partial charge in [0.25, 0.3) is 0 Å². The van der Waals surface area contributed by atoms with Crippen LogP contribution in [0.15, 0.2) is 0 Å². The molecule has 0 saturated heterocycles. The molecule has 0 heterocycles. The maximum absolute atomic E-state index is 7.63. The van der Waals surface area contributed by atoms with Crippen LogP contribution >= 0.6 is 23.2 Å². The van der Waals surface area contributed by atoms with Gasteiger partial charge in [-0.05, 0) is 62.2 Å². The summed E-state index contributed by atoms with van der Waals surface area (Å²) >= 11 is 14.5. The summed E-state index contributed by atoms with van der Waals surface area (Å²) in [5, 5.41) is 0.326. The number of hydrogen-bond acceptors (Lipinski definition) is 0. The van der Waals surface area contributed by atoms with Crippen LogP contribution in [-0.4, -0.2) is 10.3 Å². The van der Waals surface area contributed by atoms with Gasteiger partial charge in [-0.15, -0.1) is 23.2 Å². The van der Waals surface area contributed by atoms with E-state index in [0.717, 1.165) is 17.8 Å². The van der Waals surface area contributed by atoms with Gasteiger partial charge in [-0.25, -0.2) is 0 Å². The van der Waals surface area contributed by atoms with Crippen LogP contribution in [0.5, 0.6) is 0 Å². The molecule has 0 bridgehead atoms. The average molecular weight is 345 g/mol. The van der Waals surface area contributed by atoms with Crippen LogP contribution in [-0.2, 0) is 0 Å². The minimum absolute atomic E-state index is 0.00734. The standard InChI is InChI=1S/C20H34Cl2/c1-15-11-13-17(14-12-15)20(22,16-7-3-2-4-8-16)18-9-5-6-10-19(18)21/h15-19H,2-14H2,1H3. The molecule has 3 fully saturated rings. The van der Waals surface area contributed by atoms with Gasteiger partial charge in [0.2, 0.25) is 0 Å². The molecule has 0 N–H and O–H groups in total. The summed E-state index contributed by atoms with van der Waals surface area (Å²) in [5.41, 5.74) is 0. The SMILES string of the molecule is CC1CCC(C(Cl)(C2CCCCC2)C2CCCCC2Cl)CC1. The molecule has 0 aromatic heterocycles. The van der Waals surface area contributed by atoms with Gasteiger partial charge in [0.05, 0.1) is 4.87 Å². The number of halogens is 2. The van der Waals surface area contributed by atoms with Crippen molar-refractivity contribution in [2.75, 3.05) is 0 Å². The second-order valence-electron chi connectivity index (χ2n) is 8.53. The van der Waals surface area contributed by atoms with Crippen molar-refractivity contribution >= 4 is 23.2 Å². The molecule has 3 aliphatic rings. The molecule has 0 aliphatic heterocycles. The van der Waals surface area contributed by atoms with Crippen molar-refractivity contribution in [3.8, 4) is 0 Å². The predicted molar refractivity (Wildman–Crippen MR) is 97.9 cm³/mol. The Morgan fingerprint density at radius 1 is 0.682 bits per heavy atom. The summed E-state index contributed by atoms with van der Waals surface area (Å²) < 4.78 is 0. The summed E-state index contributed by atoms with van der Waals surface area (Å²) in [6, 6.07) is 0. The highest BCUT2D eigenvalue weighted by Crippen LogP contribution is 2.55. The van der Waals surface area contributed by atoms with Gasteiger partial charge >= 0.3 is 0 Å². The van der Waals surface area contributed by atoms with Crippen LogP contribution in [0.25, 0.3) is 0 Å². The normalized spacial score (nSPS) is 41.0. The maximum Gasteiger partial charge on any atom is 0.0545 e. The Balaban J connectivity index is 1.83. The first-order valence-corrected chi connectivity index (χ1v) is 10.8. The summed E-state index contributed by atoms with van der Waals surface area (Å²) in [5.74, 6) is 2.91. The van der Waals surface area contributed by atoms with Crippen molar-refractivity contribution in [1.82, 2.24) is 0 Å². The van der Waals surface area contributed by atoms with Gasteiger partial charge in [0.1, 0.15) is 0 Å². The minimum Gasteiger partial charge on any atom is -0.123 e. The van der Waals surface area contributed by atoms with E-state index in [4.69, 9.17) is 23.2 Å². The molecule has 3 rings (SSSR count). The fourth-order valence-corrected chi connectivity index (χ4v) is 7.02. The second kappa shape index (κ2) is 7.64. The van der Waals surface area contributed by atoms with Crippen LogP contribution < -0.4 is 0 Å². The average Bonchev–Trinajstić information content (AvgIpc) is 2.56. The van der Waals surface area contributed by atoms with Gasteiger partial charge in [0.15, 0.2) is 0 Å². The van der Waals surface area contributed by atoms with Gasteiger partial charge in [0, 0.05) is 5.38 Å². The van der Waals surface area contributed by atoms with Gasteiger partial charge in [-0.2, -0.15) is 0 Å². The highest BCUT2D eigenvalue weighted by molar-refractivity contribution is 6.26. The first-order valence-electron chi connectivity index (χ1n) is 9.95. The molecule has 3 saturated carbocycles. The smallest absolute Gasteiger partial charge is 0.0545 e. The van der Waals surface area contributed by atoms with E-state index >= 15 is 0 Å². The molecule has 0 aromatic rings. The first-order chi connectivity index (χ1) is 10.6. The molecule has 2 heteroatoms. The molecule has 0 amide bonds. The zero-order valence-corrected chi connectivity index (χ0v) is 15.8. The molecule has 128 valence electrons. The van der Waals surface area contributed by atoms with Crippen molar-refractivity contribution in [1.29, 1.82) is 0 Å². The van der Waals surface area contributed by atoms with Crippen molar-refractivity contribution < 1.29 is 0 Å². The highest BCUT2D eigenvalue weighted by Gasteiger charge is 2.52. The number of rotatable bonds is 3. The van der Waals surface area contributed by atoms with Crippen molar-refractivity contribution in [3.05, 3.63) is 0 Å². The fraction of sp³-hybridized carbons (Fsp3) is 1.00. The Kier molecular flexibility index (Phi) is 6.05. The quantitative estimate of drug-likeness (QED) is 0.476. The first kappa shape index (κ1) is 17.4. The van der Waals surface area contributed by atoms with Crippen LogP contribution in [0.4, 0.5) is 0 Å². The summed E-state index contributed by atoms with van der Waals surface area (Å²) in [7, 11) is 0. The molecule has 0 spiro atoms. The largest absolute Gasteiger partial charge is 0.123 e. The fourth-order valence-electron chi connectivity index (χ4n) is 5.77.